The van der Waals surface area contributed by atoms with E-state index in [9.17, 15) is 13.2 Å². The summed E-state index contributed by atoms with van der Waals surface area (Å²) in [4.78, 5) is 0. The third-order valence-electron chi connectivity index (χ3n) is 6.19. The Balaban J connectivity index is 1.49. The average molecular weight is 461 g/mol. The molecule has 0 bridgehead atoms. The van der Waals surface area contributed by atoms with Crippen LogP contribution in [0.4, 0.5) is 13.2 Å². The number of aryl methyl sites for hydroxylation is 1. The molecular weight excluding hydrogens is 425 g/mol. The summed E-state index contributed by atoms with van der Waals surface area (Å²) in [5.41, 5.74) is 1.64. The summed E-state index contributed by atoms with van der Waals surface area (Å²) in [5, 5.41) is 0. The van der Waals surface area contributed by atoms with Gasteiger partial charge < -0.3 is 9.47 Å². The van der Waals surface area contributed by atoms with Gasteiger partial charge >= 0.3 is 0 Å². The first-order valence-electron chi connectivity index (χ1n) is 12.2. The monoisotopic (exact) mass is 460 g/mol. The van der Waals surface area contributed by atoms with Crippen LogP contribution in [0.5, 0.6) is 5.75 Å². The molecule has 1 fully saturated rings. The van der Waals surface area contributed by atoms with E-state index in [0.717, 1.165) is 31.2 Å². The lowest BCUT2D eigenvalue weighted by Gasteiger charge is -2.28. The van der Waals surface area contributed by atoms with Gasteiger partial charge in [0.15, 0.2) is 11.6 Å². The maximum absolute atomic E-state index is 14.7. The lowest BCUT2D eigenvalue weighted by Crippen LogP contribution is -2.20. The lowest BCUT2D eigenvalue weighted by atomic mass is 9.93. The van der Waals surface area contributed by atoms with Crippen molar-refractivity contribution in [1.82, 2.24) is 0 Å². The van der Waals surface area contributed by atoms with E-state index in [0.29, 0.717) is 25.2 Å². The molecule has 0 amide bonds. The minimum atomic E-state index is -0.945. The quantitative estimate of drug-likeness (QED) is 0.314. The van der Waals surface area contributed by atoms with Gasteiger partial charge in [0.05, 0.1) is 19.3 Å². The molecule has 2 nitrogen and oxygen atoms in total. The molecule has 33 heavy (non-hydrogen) atoms. The molecule has 0 aromatic heterocycles. The van der Waals surface area contributed by atoms with Gasteiger partial charge in [-0.1, -0.05) is 63.3 Å². The van der Waals surface area contributed by atoms with Crippen LogP contribution in [0.1, 0.15) is 81.1 Å². The second-order valence-electron chi connectivity index (χ2n) is 8.94. The van der Waals surface area contributed by atoms with Gasteiger partial charge in [-0.2, -0.15) is 4.39 Å². The van der Waals surface area contributed by atoms with E-state index >= 15 is 0 Å². The summed E-state index contributed by atoms with van der Waals surface area (Å²) in [7, 11) is 0. The first-order valence-corrected chi connectivity index (χ1v) is 12.2. The summed E-state index contributed by atoms with van der Waals surface area (Å²) in [5.74, 6) is -2.02. The van der Waals surface area contributed by atoms with Crippen LogP contribution in [0.25, 0.3) is 6.08 Å². The van der Waals surface area contributed by atoms with Crippen LogP contribution in [0.15, 0.2) is 36.4 Å². The maximum Gasteiger partial charge on any atom is 0.200 e. The summed E-state index contributed by atoms with van der Waals surface area (Å²) in [6, 6.07) is 8.19. The van der Waals surface area contributed by atoms with Crippen LogP contribution >= 0.6 is 0 Å². The highest BCUT2D eigenvalue weighted by Gasteiger charge is 2.26. The zero-order valence-corrected chi connectivity index (χ0v) is 19.7. The fraction of sp³-hybridized carbons (Fsp3) is 0.500. The molecular formula is C28H35F3O2. The third-order valence-corrected chi connectivity index (χ3v) is 6.19. The molecule has 0 radical (unpaired) electrons. The van der Waals surface area contributed by atoms with Crippen molar-refractivity contribution in [3.63, 3.8) is 0 Å². The predicted octanol–water partition coefficient (Wildman–Crippen LogP) is 8.33. The standard InChI is InChI=1S/C28H35F3O2/c1-3-4-5-6-7-8-17-32-26-16-14-23(27(30)28(26)31)25-15-11-21(19-33-25)10-13-22-12-9-20(2)18-24(22)29/h9-10,12-14,16,18,21,25H,3-8,11,15,17,19H2,1-2H3/b13-10+. The molecule has 1 saturated heterocycles. The van der Waals surface area contributed by atoms with Gasteiger partial charge in [0.1, 0.15) is 5.82 Å². The Bertz CT molecular complexity index is 918. The molecule has 1 heterocycles. The van der Waals surface area contributed by atoms with Crippen molar-refractivity contribution in [3.05, 3.63) is 70.5 Å². The Morgan fingerprint density at radius 3 is 2.48 bits per heavy atom. The van der Waals surface area contributed by atoms with E-state index in [-0.39, 0.29) is 23.0 Å². The molecule has 2 unspecified atom stereocenters. The van der Waals surface area contributed by atoms with E-state index in [1.54, 1.807) is 18.2 Å². The Kier molecular flexibility index (Phi) is 9.86. The number of hydrogen-bond donors (Lipinski definition) is 0. The highest BCUT2D eigenvalue weighted by Crippen LogP contribution is 2.35. The van der Waals surface area contributed by atoms with E-state index in [1.807, 2.05) is 19.1 Å². The van der Waals surface area contributed by atoms with Crippen LogP contribution < -0.4 is 4.74 Å². The van der Waals surface area contributed by atoms with Crippen LogP contribution in [-0.4, -0.2) is 13.2 Å². The molecule has 180 valence electrons. The molecule has 2 atom stereocenters. The zero-order valence-electron chi connectivity index (χ0n) is 19.7. The summed E-state index contributed by atoms with van der Waals surface area (Å²) in [6.45, 7) is 4.79. The highest BCUT2D eigenvalue weighted by molar-refractivity contribution is 5.51. The van der Waals surface area contributed by atoms with Gasteiger partial charge in [0, 0.05) is 17.0 Å². The minimum Gasteiger partial charge on any atom is -0.490 e. The van der Waals surface area contributed by atoms with Gasteiger partial charge in [-0.25, -0.2) is 8.78 Å². The molecule has 0 spiro atoms. The van der Waals surface area contributed by atoms with Crippen molar-refractivity contribution in [2.24, 2.45) is 5.92 Å². The van der Waals surface area contributed by atoms with Gasteiger partial charge in [-0.3, -0.25) is 0 Å². The Morgan fingerprint density at radius 1 is 0.970 bits per heavy atom. The first-order chi connectivity index (χ1) is 16.0. The fourth-order valence-corrected chi connectivity index (χ4v) is 4.15. The van der Waals surface area contributed by atoms with E-state index in [4.69, 9.17) is 9.47 Å². The van der Waals surface area contributed by atoms with Crippen LogP contribution in [-0.2, 0) is 4.74 Å². The van der Waals surface area contributed by atoms with Gasteiger partial charge in [0.25, 0.3) is 0 Å². The van der Waals surface area contributed by atoms with Crippen LogP contribution in [0, 0.1) is 30.3 Å². The molecule has 5 heteroatoms. The van der Waals surface area contributed by atoms with Crippen molar-refractivity contribution in [2.75, 3.05) is 13.2 Å². The van der Waals surface area contributed by atoms with E-state index < -0.39 is 17.7 Å². The SMILES string of the molecule is CCCCCCCCOc1ccc(C2CCC(/C=C/c3ccc(C)cc3F)CO2)c(F)c1F. The molecule has 2 aromatic carbocycles. The molecule has 1 aliphatic rings. The summed E-state index contributed by atoms with van der Waals surface area (Å²) >= 11 is 0. The summed E-state index contributed by atoms with van der Waals surface area (Å²) < 4.78 is 54.6. The molecule has 1 aliphatic heterocycles. The molecule has 0 N–H and O–H groups in total. The lowest BCUT2D eigenvalue weighted by molar-refractivity contribution is -0.00732. The van der Waals surface area contributed by atoms with E-state index in [2.05, 4.69) is 6.92 Å². The topological polar surface area (TPSA) is 18.5 Å². The number of halogens is 3. The second-order valence-corrected chi connectivity index (χ2v) is 8.94. The first kappa shape index (κ1) is 25.4. The van der Waals surface area contributed by atoms with Crippen molar-refractivity contribution >= 4 is 6.08 Å². The van der Waals surface area contributed by atoms with Crippen LogP contribution in [0.2, 0.25) is 0 Å². The highest BCUT2D eigenvalue weighted by atomic mass is 19.2. The second kappa shape index (κ2) is 12.8. The number of unbranched alkanes of at least 4 members (excludes halogenated alkanes) is 5. The Hall–Kier alpha value is -2.27. The third kappa shape index (κ3) is 7.36. The molecule has 0 aliphatic carbocycles. The van der Waals surface area contributed by atoms with Gasteiger partial charge in [0.2, 0.25) is 5.82 Å². The zero-order chi connectivity index (χ0) is 23.6. The number of ether oxygens (including phenoxy) is 2. The smallest absolute Gasteiger partial charge is 0.200 e. The van der Waals surface area contributed by atoms with Gasteiger partial charge in [-0.15, -0.1) is 0 Å². The summed E-state index contributed by atoms with van der Waals surface area (Å²) in [6.07, 6.45) is 11.2. The Morgan fingerprint density at radius 2 is 1.76 bits per heavy atom. The maximum atomic E-state index is 14.7. The van der Waals surface area contributed by atoms with Gasteiger partial charge in [-0.05, 0) is 49.9 Å². The predicted molar refractivity (Wildman–Crippen MR) is 127 cm³/mol. The molecule has 0 saturated carbocycles. The van der Waals surface area contributed by atoms with Crippen molar-refractivity contribution in [3.8, 4) is 5.75 Å². The van der Waals surface area contributed by atoms with Crippen molar-refractivity contribution in [2.45, 2.75) is 71.3 Å². The normalized spacial score (nSPS) is 18.7. The number of rotatable bonds is 11. The van der Waals surface area contributed by atoms with E-state index in [1.165, 1.54) is 31.4 Å². The van der Waals surface area contributed by atoms with Crippen molar-refractivity contribution in [1.29, 1.82) is 0 Å². The van der Waals surface area contributed by atoms with Crippen molar-refractivity contribution < 1.29 is 22.6 Å². The average Bonchev–Trinajstić information content (AvgIpc) is 2.81. The van der Waals surface area contributed by atoms with Crippen LogP contribution in [0.3, 0.4) is 0 Å². The largest absolute Gasteiger partial charge is 0.490 e. The molecule has 2 aromatic rings. The number of hydrogen-bond acceptors (Lipinski definition) is 2. The fourth-order valence-electron chi connectivity index (χ4n) is 4.15. The minimum absolute atomic E-state index is 0.0402. The Labute approximate surface area is 195 Å². The number of benzene rings is 2. The molecule has 3 rings (SSSR count).